The molecule has 2 unspecified atom stereocenters. The fraction of sp³-hybridized carbons (Fsp3) is 0.500. The van der Waals surface area contributed by atoms with Crippen LogP contribution in [0, 0.1) is 11.3 Å². The van der Waals surface area contributed by atoms with Gasteiger partial charge in [0.05, 0.1) is 12.5 Å². The molecule has 1 aromatic carbocycles. The topological polar surface area (TPSA) is 30.3 Å². The normalized spacial score (nSPS) is 24.9. The summed E-state index contributed by atoms with van der Waals surface area (Å²) in [5.74, 6) is 0. The van der Waals surface area contributed by atoms with E-state index in [0.29, 0.717) is 18.5 Å². The Labute approximate surface area is 114 Å². The molecular formula is C14H18ClN3. The molecule has 0 amide bonds. The molecule has 2 rings (SSSR count). The summed E-state index contributed by atoms with van der Waals surface area (Å²) in [5, 5.41) is 9.64. The lowest BCUT2D eigenvalue weighted by molar-refractivity contribution is 0.194. The number of hydrogen-bond acceptors (Lipinski definition) is 3. The first-order chi connectivity index (χ1) is 8.61. The second-order valence-electron chi connectivity index (χ2n) is 4.93. The number of rotatable bonds is 2. The highest BCUT2D eigenvalue weighted by Gasteiger charge is 2.29. The minimum absolute atomic E-state index is 0.307. The van der Waals surface area contributed by atoms with E-state index in [1.165, 1.54) is 5.69 Å². The highest BCUT2D eigenvalue weighted by atomic mass is 35.5. The van der Waals surface area contributed by atoms with Gasteiger partial charge in [0.25, 0.3) is 0 Å². The highest BCUT2D eigenvalue weighted by molar-refractivity contribution is 6.30. The third kappa shape index (κ3) is 2.77. The number of benzene rings is 1. The summed E-state index contributed by atoms with van der Waals surface area (Å²) in [7, 11) is 2.09. The number of halogens is 1. The van der Waals surface area contributed by atoms with E-state index in [-0.39, 0.29) is 0 Å². The molecule has 1 heterocycles. The van der Waals surface area contributed by atoms with Crippen molar-refractivity contribution in [3.05, 3.63) is 29.3 Å². The molecule has 0 aromatic heterocycles. The van der Waals surface area contributed by atoms with Gasteiger partial charge in [0.15, 0.2) is 0 Å². The Balaban J connectivity index is 2.16. The van der Waals surface area contributed by atoms with Crippen molar-refractivity contribution in [1.29, 1.82) is 5.26 Å². The van der Waals surface area contributed by atoms with Crippen LogP contribution in [-0.4, -0.2) is 37.1 Å². The van der Waals surface area contributed by atoms with Gasteiger partial charge in [0.2, 0.25) is 0 Å². The molecular weight excluding hydrogens is 246 g/mol. The molecule has 0 radical (unpaired) electrons. The number of hydrogen-bond donors (Lipinski definition) is 0. The molecule has 0 N–H and O–H groups in total. The van der Waals surface area contributed by atoms with Crippen molar-refractivity contribution in [1.82, 2.24) is 4.90 Å². The van der Waals surface area contributed by atoms with Gasteiger partial charge < -0.3 is 4.90 Å². The average Bonchev–Trinajstić information content (AvgIpc) is 2.34. The number of nitrogens with zero attached hydrogens (tertiary/aromatic N) is 3. The Hall–Kier alpha value is -1.24. The maximum Gasteiger partial charge on any atom is 0.0638 e. The minimum Gasteiger partial charge on any atom is -0.366 e. The first kappa shape index (κ1) is 13.2. The monoisotopic (exact) mass is 263 g/mol. The van der Waals surface area contributed by atoms with Crippen LogP contribution in [0.1, 0.15) is 13.3 Å². The molecule has 0 bridgehead atoms. The van der Waals surface area contributed by atoms with Crippen LogP contribution in [0.4, 0.5) is 5.69 Å². The zero-order chi connectivity index (χ0) is 13.1. The fourth-order valence-corrected chi connectivity index (χ4v) is 2.65. The lowest BCUT2D eigenvalue weighted by atomic mass is 10.0. The maximum atomic E-state index is 8.88. The second-order valence-corrected chi connectivity index (χ2v) is 5.37. The van der Waals surface area contributed by atoms with Crippen LogP contribution in [0.5, 0.6) is 0 Å². The lowest BCUT2D eigenvalue weighted by Gasteiger charge is -2.44. The molecule has 1 aromatic rings. The molecule has 0 saturated carbocycles. The number of piperazine rings is 1. The first-order valence-corrected chi connectivity index (χ1v) is 6.59. The van der Waals surface area contributed by atoms with Crippen LogP contribution in [-0.2, 0) is 0 Å². The van der Waals surface area contributed by atoms with Gasteiger partial charge in [-0.3, -0.25) is 4.90 Å². The van der Waals surface area contributed by atoms with Crippen LogP contribution in [0.15, 0.2) is 24.3 Å². The van der Waals surface area contributed by atoms with Gasteiger partial charge in [-0.1, -0.05) is 11.6 Å². The fourth-order valence-electron chi connectivity index (χ4n) is 2.53. The minimum atomic E-state index is 0.307. The van der Waals surface area contributed by atoms with E-state index in [1.807, 2.05) is 24.3 Å². The summed E-state index contributed by atoms with van der Waals surface area (Å²) < 4.78 is 0. The Kier molecular flexibility index (Phi) is 4.11. The smallest absolute Gasteiger partial charge is 0.0638 e. The number of anilines is 1. The molecule has 2 atom stereocenters. The predicted octanol–water partition coefficient (Wildman–Crippen LogP) is 2.76. The molecule has 0 spiro atoms. The van der Waals surface area contributed by atoms with Gasteiger partial charge in [-0.15, -0.1) is 0 Å². The first-order valence-electron chi connectivity index (χ1n) is 6.21. The highest BCUT2D eigenvalue weighted by Crippen LogP contribution is 2.25. The maximum absolute atomic E-state index is 8.88. The molecule has 18 heavy (non-hydrogen) atoms. The van der Waals surface area contributed by atoms with Gasteiger partial charge in [-0.2, -0.15) is 5.26 Å². The summed E-state index contributed by atoms with van der Waals surface area (Å²) in [6.45, 7) is 4.09. The van der Waals surface area contributed by atoms with E-state index in [9.17, 15) is 0 Å². The van der Waals surface area contributed by atoms with Gasteiger partial charge >= 0.3 is 0 Å². The Morgan fingerprint density at radius 2 is 2.00 bits per heavy atom. The lowest BCUT2D eigenvalue weighted by Crippen LogP contribution is -2.56. The molecule has 1 aliphatic heterocycles. The summed E-state index contributed by atoms with van der Waals surface area (Å²) in [6, 6.07) is 11.0. The zero-order valence-electron chi connectivity index (χ0n) is 10.8. The summed E-state index contributed by atoms with van der Waals surface area (Å²) >= 11 is 5.92. The van der Waals surface area contributed by atoms with E-state index in [2.05, 4.69) is 29.8 Å². The Morgan fingerprint density at radius 1 is 1.33 bits per heavy atom. The van der Waals surface area contributed by atoms with Crippen LogP contribution in [0.3, 0.4) is 0 Å². The van der Waals surface area contributed by atoms with Crippen molar-refractivity contribution in [2.45, 2.75) is 25.4 Å². The van der Waals surface area contributed by atoms with Gasteiger partial charge in [0.1, 0.15) is 0 Å². The second kappa shape index (κ2) is 5.60. The van der Waals surface area contributed by atoms with E-state index in [4.69, 9.17) is 16.9 Å². The quantitative estimate of drug-likeness (QED) is 0.822. The molecule has 96 valence electrons. The van der Waals surface area contributed by atoms with Crippen molar-refractivity contribution in [2.75, 3.05) is 25.0 Å². The standard InChI is InChI=1S/C14H18ClN3/c1-11-9-17(2)14(7-8-16)10-18(11)13-5-3-12(15)4-6-13/h3-6,11,14H,7,9-10H2,1-2H3. The SMILES string of the molecule is CC1CN(C)C(CC#N)CN1c1ccc(Cl)cc1. The van der Waals surface area contributed by atoms with Crippen LogP contribution in [0.2, 0.25) is 5.02 Å². The molecule has 1 saturated heterocycles. The Bertz CT molecular complexity index is 437. The largest absolute Gasteiger partial charge is 0.366 e. The molecule has 0 aliphatic carbocycles. The van der Waals surface area contributed by atoms with Gasteiger partial charge in [-0.05, 0) is 38.2 Å². The zero-order valence-corrected chi connectivity index (χ0v) is 11.6. The van der Waals surface area contributed by atoms with E-state index >= 15 is 0 Å². The summed E-state index contributed by atoms with van der Waals surface area (Å²) in [6.07, 6.45) is 0.577. The van der Waals surface area contributed by atoms with Gasteiger partial charge in [-0.25, -0.2) is 0 Å². The van der Waals surface area contributed by atoms with Crippen LogP contribution < -0.4 is 4.90 Å². The van der Waals surface area contributed by atoms with Crippen molar-refractivity contribution in [3.63, 3.8) is 0 Å². The van der Waals surface area contributed by atoms with E-state index in [0.717, 1.165) is 18.1 Å². The van der Waals surface area contributed by atoms with E-state index in [1.54, 1.807) is 0 Å². The Morgan fingerprint density at radius 3 is 2.61 bits per heavy atom. The summed E-state index contributed by atoms with van der Waals surface area (Å²) in [4.78, 5) is 4.64. The third-order valence-electron chi connectivity index (χ3n) is 3.60. The van der Waals surface area contributed by atoms with Crippen LogP contribution in [0.25, 0.3) is 0 Å². The molecule has 1 aliphatic rings. The third-order valence-corrected chi connectivity index (χ3v) is 3.85. The van der Waals surface area contributed by atoms with Crippen molar-refractivity contribution < 1.29 is 0 Å². The molecule has 3 nitrogen and oxygen atoms in total. The number of nitriles is 1. The summed E-state index contributed by atoms with van der Waals surface area (Å²) in [5.41, 5.74) is 1.18. The molecule has 1 fully saturated rings. The van der Waals surface area contributed by atoms with E-state index < -0.39 is 0 Å². The number of likely N-dealkylation sites (N-methyl/N-ethyl adjacent to an activating group) is 1. The van der Waals surface area contributed by atoms with Crippen molar-refractivity contribution >= 4 is 17.3 Å². The van der Waals surface area contributed by atoms with Crippen molar-refractivity contribution in [3.8, 4) is 6.07 Å². The predicted molar refractivity (Wildman–Crippen MR) is 74.9 cm³/mol. The van der Waals surface area contributed by atoms with Gasteiger partial charge in [0, 0.05) is 35.9 Å². The average molecular weight is 264 g/mol. The van der Waals surface area contributed by atoms with Crippen molar-refractivity contribution in [2.24, 2.45) is 0 Å². The molecule has 4 heteroatoms. The van der Waals surface area contributed by atoms with Crippen LogP contribution >= 0.6 is 11.6 Å².